The second-order valence-corrected chi connectivity index (χ2v) is 6.55. The molecule has 136 valence electrons. The zero-order valence-corrected chi connectivity index (χ0v) is 15.6. The van der Waals surface area contributed by atoms with Crippen LogP contribution in [0.15, 0.2) is 30.5 Å². The Morgan fingerprint density at radius 2 is 2.00 bits per heavy atom. The van der Waals surface area contributed by atoms with E-state index in [4.69, 9.17) is 0 Å². The highest BCUT2D eigenvalue weighted by Gasteiger charge is 2.19. The number of rotatable bonds is 8. The average Bonchev–Trinajstić information content (AvgIpc) is 2.90. The zero-order chi connectivity index (χ0) is 18.4. The Kier molecular flexibility index (Phi) is 6.76. The van der Waals surface area contributed by atoms with Gasteiger partial charge < -0.3 is 15.0 Å². The van der Waals surface area contributed by atoms with Crippen LogP contribution in [0.25, 0.3) is 0 Å². The molecule has 0 bridgehead atoms. The molecule has 2 aromatic heterocycles. The molecule has 0 spiro atoms. The molecule has 2 aromatic rings. The topological polar surface area (TPSA) is 67.2 Å². The molecule has 5 nitrogen and oxygen atoms in total. The number of amides is 1. The van der Waals surface area contributed by atoms with Crippen LogP contribution in [0.2, 0.25) is 0 Å². The summed E-state index contributed by atoms with van der Waals surface area (Å²) in [6, 6.07) is 7.73. The van der Waals surface area contributed by atoms with Crippen molar-refractivity contribution in [1.82, 2.24) is 14.9 Å². The van der Waals surface area contributed by atoms with Gasteiger partial charge in [-0.1, -0.05) is 32.8 Å². The summed E-state index contributed by atoms with van der Waals surface area (Å²) < 4.78 is 2.09. The largest absolute Gasteiger partial charge is 0.391 e. The SMILES string of the molecule is CCC(CC)C(O)CNC(=O)c1cc(C)n(Cc2ccccn2)c1C. The molecule has 1 amide bonds. The summed E-state index contributed by atoms with van der Waals surface area (Å²) in [5.74, 6) is 0.0854. The molecule has 0 aliphatic rings. The van der Waals surface area contributed by atoms with Crippen molar-refractivity contribution >= 4 is 5.91 Å². The van der Waals surface area contributed by atoms with E-state index < -0.39 is 6.10 Å². The maximum atomic E-state index is 12.5. The van der Waals surface area contributed by atoms with E-state index in [2.05, 4.69) is 28.7 Å². The summed E-state index contributed by atoms with van der Waals surface area (Å²) in [7, 11) is 0. The zero-order valence-electron chi connectivity index (χ0n) is 15.6. The average molecular weight is 343 g/mol. The first-order valence-electron chi connectivity index (χ1n) is 9.00. The molecule has 5 heteroatoms. The van der Waals surface area contributed by atoms with E-state index in [1.807, 2.05) is 38.1 Å². The lowest BCUT2D eigenvalue weighted by Gasteiger charge is -2.20. The van der Waals surface area contributed by atoms with Gasteiger partial charge >= 0.3 is 0 Å². The first-order chi connectivity index (χ1) is 12.0. The van der Waals surface area contributed by atoms with Crippen LogP contribution in [0.4, 0.5) is 0 Å². The maximum absolute atomic E-state index is 12.5. The Morgan fingerprint density at radius 3 is 2.60 bits per heavy atom. The Balaban J connectivity index is 2.07. The number of aliphatic hydroxyl groups is 1. The third-order valence-electron chi connectivity index (χ3n) is 4.93. The fourth-order valence-corrected chi connectivity index (χ4v) is 3.22. The van der Waals surface area contributed by atoms with E-state index in [1.165, 1.54) is 0 Å². The van der Waals surface area contributed by atoms with Crippen LogP contribution < -0.4 is 5.32 Å². The molecule has 25 heavy (non-hydrogen) atoms. The standard InChI is InChI=1S/C20H29N3O2/c1-5-16(6-2)19(24)12-22-20(25)18-11-14(3)23(15(18)4)13-17-9-7-8-10-21-17/h7-11,16,19,24H,5-6,12-13H2,1-4H3,(H,22,25). The molecular formula is C20H29N3O2. The second-order valence-electron chi connectivity index (χ2n) is 6.55. The van der Waals surface area contributed by atoms with Crippen LogP contribution in [0, 0.1) is 19.8 Å². The van der Waals surface area contributed by atoms with Gasteiger partial charge in [0.15, 0.2) is 0 Å². The van der Waals surface area contributed by atoms with Crippen molar-refractivity contribution < 1.29 is 9.90 Å². The smallest absolute Gasteiger partial charge is 0.253 e. The number of carbonyl (C=O) groups is 1. The van der Waals surface area contributed by atoms with Gasteiger partial charge in [-0.15, -0.1) is 0 Å². The van der Waals surface area contributed by atoms with Crippen molar-refractivity contribution in [2.45, 2.75) is 53.2 Å². The van der Waals surface area contributed by atoms with Crippen LogP contribution in [-0.4, -0.2) is 33.2 Å². The van der Waals surface area contributed by atoms with Crippen molar-refractivity contribution in [2.75, 3.05) is 6.54 Å². The summed E-state index contributed by atoms with van der Waals surface area (Å²) >= 11 is 0. The maximum Gasteiger partial charge on any atom is 0.253 e. The molecule has 0 aromatic carbocycles. The number of carbonyl (C=O) groups excluding carboxylic acids is 1. The number of hydrogen-bond acceptors (Lipinski definition) is 3. The Hall–Kier alpha value is -2.14. The first-order valence-corrected chi connectivity index (χ1v) is 9.00. The lowest BCUT2D eigenvalue weighted by Crippen LogP contribution is -2.36. The fraction of sp³-hybridized carbons (Fsp3) is 0.500. The molecule has 2 N–H and O–H groups in total. The molecular weight excluding hydrogens is 314 g/mol. The van der Waals surface area contributed by atoms with Gasteiger partial charge in [-0.25, -0.2) is 0 Å². The molecule has 1 unspecified atom stereocenters. The fourth-order valence-electron chi connectivity index (χ4n) is 3.22. The van der Waals surface area contributed by atoms with Crippen molar-refractivity contribution in [3.05, 3.63) is 53.1 Å². The van der Waals surface area contributed by atoms with Gasteiger partial charge in [0.05, 0.1) is 23.9 Å². The summed E-state index contributed by atoms with van der Waals surface area (Å²) in [5, 5.41) is 13.1. The summed E-state index contributed by atoms with van der Waals surface area (Å²) in [6.07, 6.45) is 3.09. The van der Waals surface area contributed by atoms with Crippen LogP contribution in [0.1, 0.15) is 54.1 Å². The lowest BCUT2D eigenvalue weighted by atomic mass is 9.96. The van der Waals surface area contributed by atoms with E-state index in [1.54, 1.807) is 6.20 Å². The van der Waals surface area contributed by atoms with E-state index in [9.17, 15) is 9.90 Å². The second kappa shape index (κ2) is 8.81. The highest BCUT2D eigenvalue weighted by Crippen LogP contribution is 2.17. The Bertz CT molecular complexity index is 690. The predicted molar refractivity (Wildman–Crippen MR) is 99.7 cm³/mol. The van der Waals surface area contributed by atoms with Crippen LogP contribution in [0.5, 0.6) is 0 Å². The summed E-state index contributed by atoms with van der Waals surface area (Å²) in [6.45, 7) is 8.99. The molecule has 0 aliphatic heterocycles. The van der Waals surface area contributed by atoms with E-state index in [0.29, 0.717) is 12.1 Å². The van der Waals surface area contributed by atoms with Gasteiger partial charge in [-0.3, -0.25) is 9.78 Å². The van der Waals surface area contributed by atoms with Crippen molar-refractivity contribution in [2.24, 2.45) is 5.92 Å². The third kappa shape index (κ3) is 4.69. The molecule has 0 aliphatic carbocycles. The van der Waals surface area contributed by atoms with Crippen LogP contribution in [-0.2, 0) is 6.54 Å². The Labute approximate surface area is 150 Å². The molecule has 0 fully saturated rings. The van der Waals surface area contributed by atoms with Gasteiger partial charge in [0.2, 0.25) is 0 Å². The predicted octanol–water partition coefficient (Wildman–Crippen LogP) is 3.08. The highest BCUT2D eigenvalue weighted by atomic mass is 16.3. The molecule has 0 saturated heterocycles. The number of nitrogens with one attached hydrogen (secondary N) is 1. The summed E-state index contributed by atoms with van der Waals surface area (Å²) in [4.78, 5) is 16.9. The third-order valence-corrected chi connectivity index (χ3v) is 4.93. The van der Waals surface area contributed by atoms with Gasteiger partial charge in [0.1, 0.15) is 0 Å². The number of aromatic nitrogens is 2. The van der Waals surface area contributed by atoms with E-state index >= 15 is 0 Å². The minimum atomic E-state index is -0.504. The molecule has 2 heterocycles. The summed E-state index contributed by atoms with van der Waals surface area (Å²) in [5.41, 5.74) is 3.55. The molecule has 1 atom stereocenters. The van der Waals surface area contributed by atoms with E-state index in [-0.39, 0.29) is 18.4 Å². The highest BCUT2D eigenvalue weighted by molar-refractivity contribution is 5.95. The minimum Gasteiger partial charge on any atom is -0.391 e. The van der Waals surface area contributed by atoms with Crippen LogP contribution >= 0.6 is 0 Å². The van der Waals surface area contributed by atoms with Gasteiger partial charge in [-0.2, -0.15) is 0 Å². The van der Waals surface area contributed by atoms with Crippen molar-refractivity contribution in [3.63, 3.8) is 0 Å². The number of hydrogen-bond donors (Lipinski definition) is 2. The monoisotopic (exact) mass is 343 g/mol. The van der Waals surface area contributed by atoms with E-state index in [0.717, 1.165) is 29.9 Å². The van der Waals surface area contributed by atoms with Crippen molar-refractivity contribution in [3.8, 4) is 0 Å². The molecule has 0 radical (unpaired) electrons. The number of aliphatic hydroxyl groups excluding tert-OH is 1. The van der Waals surface area contributed by atoms with Gasteiger partial charge in [0.25, 0.3) is 5.91 Å². The molecule has 2 rings (SSSR count). The first kappa shape index (κ1) is 19.2. The number of aryl methyl sites for hydroxylation is 1. The normalized spacial score (nSPS) is 12.4. The lowest BCUT2D eigenvalue weighted by molar-refractivity contribution is 0.0816. The number of nitrogens with zero attached hydrogens (tertiary/aromatic N) is 2. The van der Waals surface area contributed by atoms with Gasteiger partial charge in [0, 0.05) is 24.1 Å². The number of pyridine rings is 1. The molecule has 0 saturated carbocycles. The van der Waals surface area contributed by atoms with Crippen LogP contribution in [0.3, 0.4) is 0 Å². The quantitative estimate of drug-likeness (QED) is 0.774. The Morgan fingerprint density at radius 1 is 1.28 bits per heavy atom. The minimum absolute atomic E-state index is 0.134. The van der Waals surface area contributed by atoms with Crippen molar-refractivity contribution in [1.29, 1.82) is 0 Å². The van der Waals surface area contributed by atoms with Gasteiger partial charge in [-0.05, 0) is 38.0 Å².